The molecule has 2 rings (SSSR count). The van der Waals surface area contributed by atoms with Crippen molar-refractivity contribution in [1.29, 1.82) is 0 Å². The van der Waals surface area contributed by atoms with Crippen molar-refractivity contribution in [3.63, 3.8) is 0 Å². The lowest BCUT2D eigenvalue weighted by Gasteiger charge is -2.26. The van der Waals surface area contributed by atoms with Crippen LogP contribution in [0.4, 0.5) is 10.1 Å². The zero-order valence-corrected chi connectivity index (χ0v) is 11.4. The highest BCUT2D eigenvalue weighted by Crippen LogP contribution is 2.16. The van der Waals surface area contributed by atoms with Gasteiger partial charge in [-0.1, -0.05) is 25.0 Å². The molecule has 1 heterocycles. The SMILES string of the molecule is C[C@H](C(=O)Nc1ccccc1F)N1CCCCCC1. The first-order chi connectivity index (χ1) is 9.18. The van der Waals surface area contributed by atoms with E-state index < -0.39 is 0 Å². The molecule has 4 heteroatoms. The Morgan fingerprint density at radius 1 is 1.21 bits per heavy atom. The zero-order valence-electron chi connectivity index (χ0n) is 11.4. The number of carbonyl (C=O) groups is 1. The van der Waals surface area contributed by atoms with Crippen molar-refractivity contribution in [1.82, 2.24) is 4.90 Å². The van der Waals surface area contributed by atoms with Gasteiger partial charge in [0.05, 0.1) is 11.7 Å². The molecule has 1 N–H and O–H groups in total. The second-order valence-corrected chi connectivity index (χ2v) is 5.10. The average Bonchev–Trinajstić information content (AvgIpc) is 2.69. The molecular formula is C15H21FN2O. The van der Waals surface area contributed by atoms with Gasteiger partial charge in [0.1, 0.15) is 5.82 Å². The summed E-state index contributed by atoms with van der Waals surface area (Å²) in [6, 6.07) is 6.06. The number of benzene rings is 1. The second-order valence-electron chi connectivity index (χ2n) is 5.10. The van der Waals surface area contributed by atoms with E-state index >= 15 is 0 Å². The van der Waals surface area contributed by atoms with Gasteiger partial charge in [-0.3, -0.25) is 9.69 Å². The van der Waals surface area contributed by atoms with E-state index in [1.165, 1.54) is 18.9 Å². The molecule has 1 saturated heterocycles. The van der Waals surface area contributed by atoms with E-state index in [-0.39, 0.29) is 23.5 Å². The molecule has 0 radical (unpaired) electrons. The van der Waals surface area contributed by atoms with Crippen LogP contribution in [0, 0.1) is 5.82 Å². The third-order valence-electron chi connectivity index (χ3n) is 3.70. The fraction of sp³-hybridized carbons (Fsp3) is 0.533. The van der Waals surface area contributed by atoms with Crippen LogP contribution in [0.15, 0.2) is 24.3 Å². The molecule has 0 aromatic heterocycles. The lowest BCUT2D eigenvalue weighted by atomic mass is 10.2. The van der Waals surface area contributed by atoms with Crippen LogP contribution in [0.2, 0.25) is 0 Å². The van der Waals surface area contributed by atoms with Gasteiger partial charge in [-0.15, -0.1) is 0 Å². The van der Waals surface area contributed by atoms with Crippen LogP contribution < -0.4 is 5.32 Å². The number of hydrogen-bond donors (Lipinski definition) is 1. The first-order valence-electron chi connectivity index (χ1n) is 6.98. The van der Waals surface area contributed by atoms with Crippen molar-refractivity contribution in [3.8, 4) is 0 Å². The smallest absolute Gasteiger partial charge is 0.241 e. The van der Waals surface area contributed by atoms with Crippen LogP contribution in [0.25, 0.3) is 0 Å². The Kier molecular flexibility index (Phi) is 4.91. The summed E-state index contributed by atoms with van der Waals surface area (Å²) in [5, 5.41) is 2.67. The molecule has 0 aliphatic carbocycles. The van der Waals surface area contributed by atoms with Gasteiger partial charge >= 0.3 is 0 Å². The van der Waals surface area contributed by atoms with Gasteiger partial charge in [-0.2, -0.15) is 0 Å². The predicted molar refractivity (Wildman–Crippen MR) is 74.5 cm³/mol. The fourth-order valence-electron chi connectivity index (χ4n) is 2.45. The summed E-state index contributed by atoms with van der Waals surface area (Å²) in [6.07, 6.45) is 4.74. The van der Waals surface area contributed by atoms with Gasteiger partial charge in [0, 0.05) is 0 Å². The molecule has 0 bridgehead atoms. The number of carbonyl (C=O) groups excluding carboxylic acids is 1. The van der Waals surface area contributed by atoms with E-state index in [9.17, 15) is 9.18 Å². The van der Waals surface area contributed by atoms with Crippen LogP contribution in [0.3, 0.4) is 0 Å². The summed E-state index contributed by atoms with van der Waals surface area (Å²) in [6.45, 7) is 3.79. The summed E-state index contributed by atoms with van der Waals surface area (Å²) in [4.78, 5) is 14.3. The molecule has 0 unspecified atom stereocenters. The highest BCUT2D eigenvalue weighted by molar-refractivity contribution is 5.94. The molecule has 1 amide bonds. The summed E-state index contributed by atoms with van der Waals surface area (Å²) < 4.78 is 13.5. The van der Waals surface area contributed by atoms with Crippen molar-refractivity contribution < 1.29 is 9.18 Å². The van der Waals surface area contributed by atoms with E-state index in [0.29, 0.717) is 0 Å². The molecule has 1 aromatic carbocycles. The van der Waals surface area contributed by atoms with Gasteiger partial charge in [0.15, 0.2) is 0 Å². The van der Waals surface area contributed by atoms with Crippen molar-refractivity contribution >= 4 is 11.6 Å². The molecule has 1 atom stereocenters. The van der Waals surface area contributed by atoms with E-state index in [1.54, 1.807) is 18.2 Å². The molecule has 1 aromatic rings. The van der Waals surface area contributed by atoms with Gasteiger partial charge in [-0.05, 0) is 45.0 Å². The minimum Gasteiger partial charge on any atom is -0.322 e. The number of amides is 1. The van der Waals surface area contributed by atoms with Gasteiger partial charge < -0.3 is 5.32 Å². The number of nitrogens with zero attached hydrogens (tertiary/aromatic N) is 1. The Labute approximate surface area is 113 Å². The maximum absolute atomic E-state index is 13.5. The summed E-state index contributed by atoms with van der Waals surface area (Å²) in [5.41, 5.74) is 0.258. The van der Waals surface area contributed by atoms with E-state index in [1.807, 2.05) is 6.92 Å². The topological polar surface area (TPSA) is 32.3 Å². The quantitative estimate of drug-likeness (QED) is 0.910. The van der Waals surface area contributed by atoms with E-state index in [4.69, 9.17) is 0 Å². The van der Waals surface area contributed by atoms with Gasteiger partial charge in [-0.25, -0.2) is 4.39 Å². The fourth-order valence-corrected chi connectivity index (χ4v) is 2.45. The molecule has 1 fully saturated rings. The summed E-state index contributed by atoms with van der Waals surface area (Å²) in [7, 11) is 0. The lowest BCUT2D eigenvalue weighted by Crippen LogP contribution is -2.42. The predicted octanol–water partition coefficient (Wildman–Crippen LogP) is 3.03. The Morgan fingerprint density at radius 2 is 1.84 bits per heavy atom. The number of para-hydroxylation sites is 1. The third-order valence-corrected chi connectivity index (χ3v) is 3.70. The van der Waals surface area contributed by atoms with Crippen LogP contribution in [0.5, 0.6) is 0 Å². The molecule has 1 aliphatic heterocycles. The number of halogens is 1. The number of nitrogens with one attached hydrogen (secondary N) is 1. The number of hydrogen-bond acceptors (Lipinski definition) is 2. The number of rotatable bonds is 3. The lowest BCUT2D eigenvalue weighted by molar-refractivity contribution is -0.120. The van der Waals surface area contributed by atoms with Gasteiger partial charge in [0.25, 0.3) is 0 Å². The first kappa shape index (κ1) is 14.0. The van der Waals surface area contributed by atoms with Crippen LogP contribution in [-0.2, 0) is 4.79 Å². The largest absolute Gasteiger partial charge is 0.322 e. The van der Waals surface area contributed by atoms with E-state index in [2.05, 4.69) is 10.2 Å². The first-order valence-corrected chi connectivity index (χ1v) is 6.98. The highest BCUT2D eigenvalue weighted by Gasteiger charge is 2.22. The molecule has 1 aliphatic rings. The molecule has 19 heavy (non-hydrogen) atoms. The second kappa shape index (κ2) is 6.66. The molecular weight excluding hydrogens is 243 g/mol. The normalized spacial score (nSPS) is 18.6. The van der Waals surface area contributed by atoms with Gasteiger partial charge in [0.2, 0.25) is 5.91 Å². The molecule has 3 nitrogen and oxygen atoms in total. The Bertz CT molecular complexity index is 428. The average molecular weight is 264 g/mol. The maximum atomic E-state index is 13.5. The van der Waals surface area contributed by atoms with Crippen molar-refractivity contribution in [3.05, 3.63) is 30.1 Å². The zero-order chi connectivity index (χ0) is 13.7. The Hall–Kier alpha value is -1.42. The monoisotopic (exact) mass is 264 g/mol. The standard InChI is InChI=1S/C15H21FN2O/c1-12(18-10-6-2-3-7-11-18)15(19)17-14-9-5-4-8-13(14)16/h4-5,8-9,12H,2-3,6-7,10-11H2,1H3,(H,17,19)/t12-/m1/s1. The van der Waals surface area contributed by atoms with Crippen LogP contribution >= 0.6 is 0 Å². The van der Waals surface area contributed by atoms with Crippen molar-refractivity contribution in [2.75, 3.05) is 18.4 Å². The molecule has 0 saturated carbocycles. The number of anilines is 1. The minimum absolute atomic E-state index is 0.132. The minimum atomic E-state index is -0.390. The Balaban J connectivity index is 1.97. The van der Waals surface area contributed by atoms with E-state index in [0.717, 1.165) is 25.9 Å². The maximum Gasteiger partial charge on any atom is 0.241 e. The number of likely N-dealkylation sites (tertiary alicyclic amines) is 1. The Morgan fingerprint density at radius 3 is 2.47 bits per heavy atom. The summed E-state index contributed by atoms with van der Waals surface area (Å²) >= 11 is 0. The van der Waals surface area contributed by atoms with Crippen LogP contribution in [0.1, 0.15) is 32.6 Å². The third kappa shape index (κ3) is 3.77. The van der Waals surface area contributed by atoms with Crippen molar-refractivity contribution in [2.24, 2.45) is 0 Å². The molecule has 104 valence electrons. The molecule has 0 spiro atoms. The van der Waals surface area contributed by atoms with Crippen molar-refractivity contribution in [2.45, 2.75) is 38.6 Å². The summed E-state index contributed by atoms with van der Waals surface area (Å²) in [5.74, 6) is -0.522. The highest BCUT2D eigenvalue weighted by atomic mass is 19.1. The van der Waals surface area contributed by atoms with Crippen LogP contribution in [-0.4, -0.2) is 29.9 Å².